The third-order valence-corrected chi connectivity index (χ3v) is 10.5. The topological polar surface area (TPSA) is 210 Å². The molecule has 12 nitrogen and oxygen atoms in total. The lowest BCUT2D eigenvalue weighted by Gasteiger charge is -2.60. The number of aliphatic hydroxyl groups is 2. The Morgan fingerprint density at radius 1 is 1.12 bits per heavy atom. The van der Waals surface area contributed by atoms with E-state index in [1.165, 1.54) is 0 Å². The second-order valence-corrected chi connectivity index (χ2v) is 12.7. The largest absolute Gasteiger partial charge is 0.480 e. The second-order valence-electron chi connectivity index (χ2n) is 12.7. The number of carbonyl (C=O) groups excluding carboxylic acids is 5. The minimum Gasteiger partial charge on any atom is -0.480 e. The minimum atomic E-state index is -1.80. The van der Waals surface area contributed by atoms with E-state index in [4.69, 9.17) is 15.6 Å². The molecule has 0 heterocycles. The number of hydrogen-bond acceptors (Lipinski definition) is 9. The molecule has 2 amide bonds. The molecule has 0 aromatic carbocycles. The van der Waals surface area contributed by atoms with E-state index in [1.54, 1.807) is 6.08 Å². The summed E-state index contributed by atoms with van der Waals surface area (Å²) in [6, 6.07) is -1.52. The second kappa shape index (κ2) is 11.3. The summed E-state index contributed by atoms with van der Waals surface area (Å²) in [6.45, 7) is 3.26. The van der Waals surface area contributed by atoms with Gasteiger partial charge in [0.15, 0.2) is 12.4 Å². The highest BCUT2D eigenvalue weighted by molar-refractivity contribution is 5.93. The lowest BCUT2D eigenvalue weighted by atomic mass is 9.45. The molecule has 0 spiro atoms. The monoisotopic (exact) mass is 576 g/mol. The molecule has 0 unspecified atom stereocenters. The number of nitrogens with one attached hydrogen (secondary N) is 1. The van der Waals surface area contributed by atoms with E-state index in [1.807, 2.05) is 6.92 Å². The number of ether oxygens (including phenoxy) is 1. The fourth-order valence-electron chi connectivity index (χ4n) is 8.37. The van der Waals surface area contributed by atoms with E-state index in [9.17, 15) is 39.0 Å². The van der Waals surface area contributed by atoms with Crippen LogP contribution in [0.2, 0.25) is 0 Å². The van der Waals surface area contributed by atoms with Crippen molar-refractivity contribution in [2.75, 3.05) is 6.61 Å². The van der Waals surface area contributed by atoms with Gasteiger partial charge < -0.3 is 31.1 Å². The first kappa shape index (κ1) is 30.8. The van der Waals surface area contributed by atoms with Gasteiger partial charge in [-0.3, -0.25) is 24.0 Å². The number of fused-ring (bicyclic) bond motifs is 5. The van der Waals surface area contributed by atoms with Crippen molar-refractivity contribution < 1.29 is 48.8 Å². The minimum absolute atomic E-state index is 0.0252. The van der Waals surface area contributed by atoms with Crippen molar-refractivity contribution in [2.45, 2.75) is 95.8 Å². The molecule has 6 N–H and O–H groups in total. The van der Waals surface area contributed by atoms with Gasteiger partial charge in [0.25, 0.3) is 0 Å². The van der Waals surface area contributed by atoms with Crippen LogP contribution in [0.3, 0.4) is 0 Å². The van der Waals surface area contributed by atoms with Crippen LogP contribution in [-0.4, -0.2) is 75.0 Å². The third kappa shape index (κ3) is 5.55. The van der Waals surface area contributed by atoms with Crippen LogP contribution in [0.5, 0.6) is 0 Å². The van der Waals surface area contributed by atoms with Crippen LogP contribution >= 0.6 is 0 Å². The number of primary amides is 1. The maximum atomic E-state index is 13.3. The highest BCUT2D eigenvalue weighted by Crippen LogP contribution is 2.67. The van der Waals surface area contributed by atoms with Gasteiger partial charge in [-0.05, 0) is 67.8 Å². The summed E-state index contributed by atoms with van der Waals surface area (Å²) in [5.41, 5.74) is 3.05. The van der Waals surface area contributed by atoms with E-state index in [0.717, 1.165) is 18.4 Å². The van der Waals surface area contributed by atoms with E-state index < -0.39 is 78.6 Å². The molecule has 226 valence electrons. The van der Waals surface area contributed by atoms with Crippen LogP contribution in [0.15, 0.2) is 11.6 Å². The standard InChI is InChI=1S/C29H40N2O10/c1-27-9-7-16(32)11-15(27)3-4-17-18-8-10-29(40,28(18,2)13-20(33)25(17)27)21(34)14-41-24(37)6-5-23(36)31-19(26(38)39)12-22(30)35/h11,17-20,25,33,40H,3-10,12-14H2,1-2H3,(H2,30,35)(H,31,36)(H,38,39)/t17-,18-,19+,20+,25+,27-,28-,29-/m0/s1. The summed E-state index contributed by atoms with van der Waals surface area (Å²) in [7, 11) is 0. The predicted octanol–water partition coefficient (Wildman–Crippen LogP) is 0.558. The Kier molecular flexibility index (Phi) is 8.48. The van der Waals surface area contributed by atoms with Gasteiger partial charge in [0.2, 0.25) is 17.6 Å². The molecule has 0 aromatic heterocycles. The van der Waals surface area contributed by atoms with Crippen molar-refractivity contribution in [1.82, 2.24) is 5.32 Å². The average molecular weight is 577 g/mol. The maximum absolute atomic E-state index is 13.3. The van der Waals surface area contributed by atoms with Crippen LogP contribution < -0.4 is 11.1 Å². The lowest BCUT2D eigenvalue weighted by molar-refractivity contribution is -0.184. The summed E-state index contributed by atoms with van der Waals surface area (Å²) < 4.78 is 5.08. The van der Waals surface area contributed by atoms with Gasteiger partial charge in [0.1, 0.15) is 11.6 Å². The Hall–Kier alpha value is -3.12. The number of esters is 1. The molecule has 3 fully saturated rings. The number of Topliss-reactive ketones (excluding diaryl/α,β-unsaturated/α-hetero) is 1. The molecular formula is C29H40N2O10. The molecule has 0 radical (unpaired) electrons. The number of aliphatic hydroxyl groups excluding tert-OH is 1. The zero-order valence-electron chi connectivity index (χ0n) is 23.5. The van der Waals surface area contributed by atoms with E-state index in [-0.39, 0.29) is 41.8 Å². The lowest BCUT2D eigenvalue weighted by Crippen LogP contribution is -2.62. The van der Waals surface area contributed by atoms with Crippen LogP contribution in [0.25, 0.3) is 0 Å². The molecule has 0 aromatic rings. The van der Waals surface area contributed by atoms with Gasteiger partial charge in [-0.25, -0.2) is 4.79 Å². The molecule has 12 heteroatoms. The molecule has 0 bridgehead atoms. The SMILES string of the molecule is C[C@]12CCC(=O)C=C1CC[C@@H]1[C@@H]2[C@H](O)C[C@@]2(C)[C@H]1CC[C@]2(O)C(=O)COC(=O)CCC(=O)N[C@H](CC(N)=O)C(=O)O. The van der Waals surface area contributed by atoms with Crippen LogP contribution in [0.1, 0.15) is 78.1 Å². The number of amides is 2. The molecule has 4 aliphatic rings. The van der Waals surface area contributed by atoms with Crippen LogP contribution in [0, 0.1) is 28.6 Å². The molecule has 4 rings (SSSR count). The van der Waals surface area contributed by atoms with Gasteiger partial charge in [-0.2, -0.15) is 0 Å². The smallest absolute Gasteiger partial charge is 0.326 e. The van der Waals surface area contributed by atoms with Gasteiger partial charge in [0.05, 0.1) is 18.9 Å². The Bertz CT molecular complexity index is 1180. The first-order chi connectivity index (χ1) is 19.1. The molecule has 3 saturated carbocycles. The zero-order chi connectivity index (χ0) is 30.3. The predicted molar refractivity (Wildman–Crippen MR) is 142 cm³/mol. The van der Waals surface area contributed by atoms with Crippen molar-refractivity contribution in [2.24, 2.45) is 34.3 Å². The first-order valence-corrected chi connectivity index (χ1v) is 14.3. The number of carboxylic acids is 1. The normalized spacial score (nSPS) is 36.6. The number of carboxylic acid groups (broad SMARTS) is 1. The summed E-state index contributed by atoms with van der Waals surface area (Å²) in [5, 5.41) is 34.4. The molecule has 41 heavy (non-hydrogen) atoms. The van der Waals surface area contributed by atoms with E-state index in [2.05, 4.69) is 12.2 Å². The number of ketones is 2. The van der Waals surface area contributed by atoms with Crippen molar-refractivity contribution in [1.29, 1.82) is 0 Å². The number of allylic oxidation sites excluding steroid dienone is 1. The van der Waals surface area contributed by atoms with E-state index >= 15 is 0 Å². The van der Waals surface area contributed by atoms with Crippen LogP contribution in [-0.2, 0) is 33.5 Å². The Labute approximate surface area is 238 Å². The van der Waals surface area contributed by atoms with Crippen molar-refractivity contribution >= 4 is 35.3 Å². The molecule has 8 atom stereocenters. The van der Waals surface area contributed by atoms with Gasteiger partial charge in [-0.15, -0.1) is 0 Å². The molecule has 4 aliphatic carbocycles. The van der Waals surface area contributed by atoms with Crippen molar-refractivity contribution in [3.63, 3.8) is 0 Å². The quantitative estimate of drug-likeness (QED) is 0.228. The number of aliphatic carboxylic acids is 1. The fourth-order valence-corrected chi connectivity index (χ4v) is 8.37. The Morgan fingerprint density at radius 2 is 1.83 bits per heavy atom. The highest BCUT2D eigenvalue weighted by Gasteiger charge is 2.68. The summed E-state index contributed by atoms with van der Waals surface area (Å²) >= 11 is 0. The average Bonchev–Trinajstić information content (AvgIpc) is 3.16. The summed E-state index contributed by atoms with van der Waals surface area (Å²) in [4.78, 5) is 71.8. The van der Waals surface area contributed by atoms with Crippen molar-refractivity contribution in [3.05, 3.63) is 11.6 Å². The van der Waals surface area contributed by atoms with Crippen LogP contribution in [0.4, 0.5) is 0 Å². The first-order valence-electron chi connectivity index (χ1n) is 14.3. The highest BCUT2D eigenvalue weighted by atomic mass is 16.5. The number of nitrogens with two attached hydrogens (primary N) is 1. The maximum Gasteiger partial charge on any atom is 0.326 e. The molecule has 0 saturated heterocycles. The fraction of sp³-hybridized carbons (Fsp3) is 0.724. The molecule has 0 aliphatic heterocycles. The van der Waals surface area contributed by atoms with Gasteiger partial charge >= 0.3 is 11.9 Å². The zero-order valence-corrected chi connectivity index (χ0v) is 23.5. The molecular weight excluding hydrogens is 536 g/mol. The summed E-state index contributed by atoms with van der Waals surface area (Å²) in [5.74, 6) is -4.62. The Morgan fingerprint density at radius 3 is 2.49 bits per heavy atom. The van der Waals surface area contributed by atoms with Gasteiger partial charge in [0, 0.05) is 18.3 Å². The number of hydrogen-bond donors (Lipinski definition) is 5. The summed E-state index contributed by atoms with van der Waals surface area (Å²) in [6.07, 6.45) is 3.10. The van der Waals surface area contributed by atoms with Crippen molar-refractivity contribution in [3.8, 4) is 0 Å². The van der Waals surface area contributed by atoms with E-state index in [0.29, 0.717) is 19.3 Å². The number of carbonyl (C=O) groups is 6. The Balaban J connectivity index is 1.36. The number of rotatable bonds is 10. The third-order valence-electron chi connectivity index (χ3n) is 10.5. The van der Waals surface area contributed by atoms with Gasteiger partial charge in [-0.1, -0.05) is 19.4 Å².